The molecule has 5 nitrogen and oxygen atoms in total. The summed E-state index contributed by atoms with van der Waals surface area (Å²) in [7, 11) is 0. The van der Waals surface area contributed by atoms with Gasteiger partial charge in [0.1, 0.15) is 5.76 Å². The van der Waals surface area contributed by atoms with E-state index in [1.165, 1.54) is 11.1 Å². The van der Waals surface area contributed by atoms with Gasteiger partial charge in [0.25, 0.3) is 0 Å². The highest BCUT2D eigenvalue weighted by atomic mass is 16.5. The van der Waals surface area contributed by atoms with Crippen molar-refractivity contribution in [1.82, 2.24) is 15.0 Å². The number of hydrogen-bond acceptors (Lipinski definition) is 5. The van der Waals surface area contributed by atoms with Crippen LogP contribution in [0.1, 0.15) is 34.2 Å². The summed E-state index contributed by atoms with van der Waals surface area (Å²) in [4.78, 5) is 4.77. The maximum Gasteiger partial charge on any atom is 0.138 e. The lowest BCUT2D eigenvalue weighted by Gasteiger charge is -2.35. The number of β-amino-alcohol motifs (C(OH)–C–C–N with tert-alkyl or cyclic N) is 1. The van der Waals surface area contributed by atoms with Gasteiger partial charge in [-0.3, -0.25) is 9.80 Å². The van der Waals surface area contributed by atoms with Gasteiger partial charge >= 0.3 is 0 Å². The van der Waals surface area contributed by atoms with E-state index in [-0.39, 0.29) is 0 Å². The van der Waals surface area contributed by atoms with Gasteiger partial charge in [-0.25, -0.2) is 0 Å². The predicted octanol–water partition coefficient (Wildman–Crippen LogP) is 2.45. The van der Waals surface area contributed by atoms with E-state index in [0.29, 0.717) is 6.54 Å². The third-order valence-electron chi connectivity index (χ3n) is 4.92. The van der Waals surface area contributed by atoms with Crippen molar-refractivity contribution in [2.45, 2.75) is 33.4 Å². The second-order valence-corrected chi connectivity index (χ2v) is 6.81. The molecule has 1 aliphatic rings. The fraction of sp³-hybridized carbons (Fsp3) is 0.526. The van der Waals surface area contributed by atoms with Gasteiger partial charge in [-0.15, -0.1) is 0 Å². The minimum Gasteiger partial charge on any atom is -0.387 e. The second-order valence-electron chi connectivity index (χ2n) is 6.81. The van der Waals surface area contributed by atoms with Crippen LogP contribution in [-0.2, 0) is 6.54 Å². The lowest BCUT2D eigenvalue weighted by Crippen LogP contribution is -2.47. The maximum absolute atomic E-state index is 10.4. The molecule has 0 spiro atoms. The van der Waals surface area contributed by atoms with Crippen molar-refractivity contribution in [2.24, 2.45) is 0 Å². The maximum atomic E-state index is 10.4. The van der Waals surface area contributed by atoms with Gasteiger partial charge in [0, 0.05) is 44.8 Å². The van der Waals surface area contributed by atoms with Crippen molar-refractivity contribution in [1.29, 1.82) is 0 Å². The van der Waals surface area contributed by atoms with Crippen LogP contribution in [-0.4, -0.2) is 52.8 Å². The van der Waals surface area contributed by atoms with E-state index in [2.05, 4.69) is 34.0 Å². The van der Waals surface area contributed by atoms with Crippen LogP contribution < -0.4 is 0 Å². The number of nitrogens with zero attached hydrogens (tertiary/aromatic N) is 3. The highest BCUT2D eigenvalue weighted by molar-refractivity contribution is 5.23. The van der Waals surface area contributed by atoms with E-state index in [9.17, 15) is 5.11 Å². The SMILES string of the molecule is Cc1ccc(C(O)CN2CCN(Cc3c(C)noc3C)CC2)cc1. The van der Waals surface area contributed by atoms with Gasteiger partial charge < -0.3 is 9.63 Å². The zero-order valence-corrected chi connectivity index (χ0v) is 14.8. The van der Waals surface area contributed by atoms with E-state index in [1.807, 2.05) is 26.0 Å². The molecule has 0 bridgehead atoms. The van der Waals surface area contributed by atoms with Crippen LogP contribution >= 0.6 is 0 Å². The van der Waals surface area contributed by atoms with E-state index in [4.69, 9.17) is 4.52 Å². The van der Waals surface area contributed by atoms with Gasteiger partial charge in [0.2, 0.25) is 0 Å². The van der Waals surface area contributed by atoms with E-state index in [0.717, 1.165) is 49.7 Å². The van der Waals surface area contributed by atoms with Gasteiger partial charge in [-0.05, 0) is 26.3 Å². The Hall–Kier alpha value is -1.69. The molecule has 2 heterocycles. The first kappa shape index (κ1) is 17.1. The number of benzene rings is 1. The number of aliphatic hydroxyl groups is 1. The largest absolute Gasteiger partial charge is 0.387 e. The average molecular weight is 329 g/mol. The fourth-order valence-corrected chi connectivity index (χ4v) is 3.22. The number of aliphatic hydroxyl groups excluding tert-OH is 1. The highest BCUT2D eigenvalue weighted by Gasteiger charge is 2.21. The molecule has 0 amide bonds. The lowest BCUT2D eigenvalue weighted by molar-refractivity contribution is 0.0699. The van der Waals surface area contributed by atoms with Crippen LogP contribution in [0.2, 0.25) is 0 Å². The Bertz CT molecular complexity index is 638. The molecule has 0 saturated carbocycles. The molecule has 2 aromatic rings. The van der Waals surface area contributed by atoms with Crippen molar-refractivity contribution < 1.29 is 9.63 Å². The third-order valence-corrected chi connectivity index (χ3v) is 4.92. The van der Waals surface area contributed by atoms with E-state index < -0.39 is 6.10 Å². The monoisotopic (exact) mass is 329 g/mol. The Morgan fingerprint density at radius 2 is 1.67 bits per heavy atom. The molecule has 130 valence electrons. The summed E-state index contributed by atoms with van der Waals surface area (Å²) >= 11 is 0. The Labute approximate surface area is 143 Å². The van der Waals surface area contributed by atoms with Crippen molar-refractivity contribution in [3.8, 4) is 0 Å². The first-order valence-corrected chi connectivity index (χ1v) is 8.64. The quantitative estimate of drug-likeness (QED) is 0.913. The topological polar surface area (TPSA) is 52.7 Å². The Morgan fingerprint density at radius 1 is 1.04 bits per heavy atom. The Balaban J connectivity index is 1.49. The number of aryl methyl sites for hydroxylation is 3. The summed E-state index contributed by atoms with van der Waals surface area (Å²) in [6.07, 6.45) is -0.417. The number of aromatic nitrogens is 1. The van der Waals surface area contributed by atoms with Crippen molar-refractivity contribution in [3.05, 3.63) is 52.4 Å². The molecule has 0 aliphatic carbocycles. The zero-order valence-electron chi connectivity index (χ0n) is 14.8. The van der Waals surface area contributed by atoms with Gasteiger partial charge in [0.05, 0.1) is 11.8 Å². The van der Waals surface area contributed by atoms with Crippen LogP contribution in [0.4, 0.5) is 0 Å². The van der Waals surface area contributed by atoms with Crippen molar-refractivity contribution in [3.63, 3.8) is 0 Å². The normalized spacial score (nSPS) is 18.0. The molecule has 24 heavy (non-hydrogen) atoms. The molecule has 5 heteroatoms. The first-order valence-electron chi connectivity index (χ1n) is 8.64. The molecule has 1 atom stereocenters. The summed E-state index contributed by atoms with van der Waals surface area (Å²) < 4.78 is 5.25. The Morgan fingerprint density at radius 3 is 2.25 bits per heavy atom. The number of rotatable bonds is 5. The van der Waals surface area contributed by atoms with Crippen LogP contribution in [0.3, 0.4) is 0 Å². The highest BCUT2D eigenvalue weighted by Crippen LogP contribution is 2.18. The molecule has 1 saturated heterocycles. The molecule has 1 aliphatic heterocycles. The number of hydrogen-bond donors (Lipinski definition) is 1. The van der Waals surface area contributed by atoms with E-state index >= 15 is 0 Å². The Kier molecular flexibility index (Phi) is 5.33. The van der Waals surface area contributed by atoms with Gasteiger partial charge in [-0.2, -0.15) is 0 Å². The summed E-state index contributed by atoms with van der Waals surface area (Å²) in [6, 6.07) is 8.15. The van der Waals surface area contributed by atoms with Crippen LogP contribution in [0.25, 0.3) is 0 Å². The molecule has 1 N–H and O–H groups in total. The average Bonchev–Trinajstić information content (AvgIpc) is 2.89. The molecule has 3 rings (SSSR count). The number of piperazine rings is 1. The zero-order chi connectivity index (χ0) is 17.1. The van der Waals surface area contributed by atoms with Crippen molar-refractivity contribution in [2.75, 3.05) is 32.7 Å². The first-order chi connectivity index (χ1) is 11.5. The smallest absolute Gasteiger partial charge is 0.138 e. The molecular weight excluding hydrogens is 302 g/mol. The van der Waals surface area contributed by atoms with Crippen LogP contribution in [0, 0.1) is 20.8 Å². The summed E-state index contributed by atoms with van der Waals surface area (Å²) in [5, 5.41) is 14.5. The summed E-state index contributed by atoms with van der Waals surface area (Å²) in [5.41, 5.74) is 4.42. The van der Waals surface area contributed by atoms with Crippen molar-refractivity contribution >= 4 is 0 Å². The molecule has 1 aromatic carbocycles. The summed E-state index contributed by atoms with van der Waals surface area (Å²) in [5.74, 6) is 0.921. The molecule has 1 aromatic heterocycles. The standard InChI is InChI=1S/C19H27N3O2/c1-14-4-6-17(7-5-14)19(23)13-22-10-8-21(9-11-22)12-18-15(2)20-24-16(18)3/h4-7,19,23H,8-13H2,1-3H3. The van der Waals surface area contributed by atoms with E-state index in [1.54, 1.807) is 0 Å². The minimum atomic E-state index is -0.417. The van der Waals surface area contributed by atoms with Gasteiger partial charge in [-0.1, -0.05) is 35.0 Å². The lowest BCUT2D eigenvalue weighted by atomic mass is 10.1. The predicted molar refractivity (Wildman–Crippen MR) is 93.8 cm³/mol. The fourth-order valence-electron chi connectivity index (χ4n) is 3.22. The van der Waals surface area contributed by atoms with Gasteiger partial charge in [0.15, 0.2) is 0 Å². The minimum absolute atomic E-state index is 0.417. The molecule has 0 radical (unpaired) electrons. The second kappa shape index (κ2) is 7.47. The van der Waals surface area contributed by atoms with Crippen LogP contribution in [0.5, 0.6) is 0 Å². The molecule has 1 fully saturated rings. The third kappa shape index (κ3) is 4.04. The summed E-state index contributed by atoms with van der Waals surface area (Å²) in [6.45, 7) is 11.6. The molecular formula is C19H27N3O2. The van der Waals surface area contributed by atoms with Crippen LogP contribution in [0.15, 0.2) is 28.8 Å². The molecule has 1 unspecified atom stereocenters.